The van der Waals surface area contributed by atoms with Crippen LogP contribution >= 0.6 is 0 Å². The molecule has 2 aromatic carbocycles. The van der Waals surface area contributed by atoms with Gasteiger partial charge in [0.15, 0.2) is 5.75 Å². The van der Waals surface area contributed by atoms with Crippen LogP contribution in [0.4, 0.5) is 0 Å². The van der Waals surface area contributed by atoms with Crippen LogP contribution in [-0.4, -0.2) is 23.0 Å². The second kappa shape index (κ2) is 10.1. The smallest absolute Gasteiger partial charge is 0.173 e. The van der Waals surface area contributed by atoms with E-state index in [-0.39, 0.29) is 6.23 Å². The molecule has 1 unspecified atom stereocenters. The van der Waals surface area contributed by atoms with Gasteiger partial charge in [0.05, 0.1) is 24.4 Å². The van der Waals surface area contributed by atoms with Crippen LogP contribution in [0.25, 0.3) is 11.3 Å². The van der Waals surface area contributed by atoms with Crippen LogP contribution in [0.15, 0.2) is 54.7 Å². The first-order valence-corrected chi connectivity index (χ1v) is 10.9. The number of nitriles is 1. The fraction of sp³-hybridized carbons (Fsp3) is 0.360. The molecule has 1 saturated heterocycles. The van der Waals surface area contributed by atoms with Crippen molar-refractivity contribution in [2.75, 3.05) is 13.2 Å². The molecule has 0 spiro atoms. The molecule has 1 aliphatic heterocycles. The standard InChI is InChI=1S/C25H27N3O3/c1-2-3-14-29-22-8-6-7-20(16-22)25-23(31-21-12-10-19(17-26)11-13-21)18-28(27-25)24-9-4-5-15-30-24/h6-8,10-13,16,18,24H,2-5,9,14-15H2,1H3. The Labute approximate surface area is 183 Å². The molecule has 31 heavy (non-hydrogen) atoms. The minimum atomic E-state index is -0.0881. The lowest BCUT2D eigenvalue weighted by Crippen LogP contribution is -2.18. The largest absolute Gasteiger partial charge is 0.494 e. The Balaban J connectivity index is 1.65. The van der Waals surface area contributed by atoms with Gasteiger partial charge in [0.1, 0.15) is 23.4 Å². The van der Waals surface area contributed by atoms with Crippen LogP contribution in [0, 0.1) is 11.3 Å². The molecule has 0 radical (unpaired) electrons. The predicted octanol–water partition coefficient (Wildman–Crippen LogP) is 6.09. The Bertz CT molecular complexity index is 1030. The van der Waals surface area contributed by atoms with E-state index in [9.17, 15) is 0 Å². The van der Waals surface area contributed by atoms with E-state index < -0.39 is 0 Å². The van der Waals surface area contributed by atoms with Crippen molar-refractivity contribution in [2.45, 2.75) is 45.3 Å². The highest BCUT2D eigenvalue weighted by Crippen LogP contribution is 2.36. The van der Waals surface area contributed by atoms with Crippen LogP contribution < -0.4 is 9.47 Å². The average Bonchev–Trinajstić information content (AvgIpc) is 3.24. The molecule has 0 aliphatic carbocycles. The molecule has 0 N–H and O–H groups in total. The first-order valence-electron chi connectivity index (χ1n) is 10.9. The Morgan fingerprint density at radius 1 is 1.16 bits per heavy atom. The zero-order valence-corrected chi connectivity index (χ0v) is 17.8. The summed E-state index contributed by atoms with van der Waals surface area (Å²) in [7, 11) is 0. The van der Waals surface area contributed by atoms with Gasteiger partial charge in [-0.2, -0.15) is 10.4 Å². The number of hydrogen-bond acceptors (Lipinski definition) is 5. The normalized spacial score (nSPS) is 15.9. The van der Waals surface area contributed by atoms with Gasteiger partial charge < -0.3 is 14.2 Å². The minimum absolute atomic E-state index is 0.0881. The molecule has 6 heteroatoms. The fourth-order valence-electron chi connectivity index (χ4n) is 3.52. The van der Waals surface area contributed by atoms with Crippen molar-refractivity contribution in [1.82, 2.24) is 9.78 Å². The number of unbranched alkanes of at least 4 members (excludes halogenated alkanes) is 1. The van der Waals surface area contributed by atoms with E-state index in [1.165, 1.54) is 0 Å². The van der Waals surface area contributed by atoms with Crippen LogP contribution in [-0.2, 0) is 4.74 Å². The van der Waals surface area contributed by atoms with Gasteiger partial charge in [0.25, 0.3) is 0 Å². The van der Waals surface area contributed by atoms with Crippen molar-refractivity contribution in [3.8, 4) is 34.6 Å². The van der Waals surface area contributed by atoms with E-state index in [1.807, 2.05) is 35.1 Å². The van der Waals surface area contributed by atoms with Crippen LogP contribution in [0.5, 0.6) is 17.2 Å². The molecule has 4 rings (SSSR count). The first-order chi connectivity index (χ1) is 15.3. The summed E-state index contributed by atoms with van der Waals surface area (Å²) in [4.78, 5) is 0. The second-order valence-corrected chi connectivity index (χ2v) is 7.61. The summed E-state index contributed by atoms with van der Waals surface area (Å²) in [5.41, 5.74) is 2.25. The summed E-state index contributed by atoms with van der Waals surface area (Å²) in [6, 6.07) is 17.1. The summed E-state index contributed by atoms with van der Waals surface area (Å²) in [5.74, 6) is 2.11. The number of benzene rings is 2. The van der Waals surface area contributed by atoms with Gasteiger partial charge in [0, 0.05) is 12.2 Å². The Hall–Kier alpha value is -3.30. The molecule has 160 valence electrons. The Morgan fingerprint density at radius 3 is 2.77 bits per heavy atom. The highest BCUT2D eigenvalue weighted by molar-refractivity contribution is 5.68. The van der Waals surface area contributed by atoms with Crippen molar-refractivity contribution in [3.63, 3.8) is 0 Å². The van der Waals surface area contributed by atoms with Gasteiger partial charge in [-0.25, -0.2) is 4.68 Å². The maximum Gasteiger partial charge on any atom is 0.173 e. The number of aromatic nitrogens is 2. The highest BCUT2D eigenvalue weighted by Gasteiger charge is 2.21. The molecule has 1 aromatic heterocycles. The van der Waals surface area contributed by atoms with E-state index in [1.54, 1.807) is 24.3 Å². The van der Waals surface area contributed by atoms with Crippen LogP contribution in [0.3, 0.4) is 0 Å². The third-order valence-corrected chi connectivity index (χ3v) is 5.23. The third kappa shape index (κ3) is 5.25. The van der Waals surface area contributed by atoms with Crippen molar-refractivity contribution in [3.05, 3.63) is 60.3 Å². The number of nitrogens with zero attached hydrogens (tertiary/aromatic N) is 3. The zero-order valence-electron chi connectivity index (χ0n) is 17.8. The number of rotatable bonds is 8. The summed E-state index contributed by atoms with van der Waals surface area (Å²) < 4.78 is 19.9. The molecular weight excluding hydrogens is 390 g/mol. The van der Waals surface area contributed by atoms with E-state index in [2.05, 4.69) is 13.0 Å². The van der Waals surface area contributed by atoms with Crippen LogP contribution in [0.2, 0.25) is 0 Å². The molecule has 6 nitrogen and oxygen atoms in total. The van der Waals surface area contributed by atoms with Crippen molar-refractivity contribution >= 4 is 0 Å². The van der Waals surface area contributed by atoms with E-state index in [0.717, 1.165) is 55.7 Å². The molecule has 0 bridgehead atoms. The molecule has 2 heterocycles. The minimum Gasteiger partial charge on any atom is -0.494 e. The second-order valence-electron chi connectivity index (χ2n) is 7.61. The van der Waals surface area contributed by atoms with E-state index in [0.29, 0.717) is 23.7 Å². The van der Waals surface area contributed by atoms with E-state index in [4.69, 9.17) is 24.6 Å². The molecule has 3 aromatic rings. The van der Waals surface area contributed by atoms with Crippen molar-refractivity contribution in [1.29, 1.82) is 5.26 Å². The summed E-state index contributed by atoms with van der Waals surface area (Å²) in [6.45, 7) is 3.58. The van der Waals surface area contributed by atoms with Crippen molar-refractivity contribution < 1.29 is 14.2 Å². The Morgan fingerprint density at radius 2 is 2.03 bits per heavy atom. The van der Waals surface area contributed by atoms with Gasteiger partial charge in [-0.15, -0.1) is 0 Å². The lowest BCUT2D eigenvalue weighted by molar-refractivity contribution is -0.0394. The summed E-state index contributed by atoms with van der Waals surface area (Å²) in [6.07, 6.45) is 7.04. The van der Waals surface area contributed by atoms with Gasteiger partial charge in [0.2, 0.25) is 0 Å². The van der Waals surface area contributed by atoms with Gasteiger partial charge in [-0.1, -0.05) is 25.5 Å². The maximum atomic E-state index is 9.03. The molecule has 0 amide bonds. The number of ether oxygens (including phenoxy) is 3. The fourth-order valence-corrected chi connectivity index (χ4v) is 3.52. The SMILES string of the molecule is CCCCOc1cccc(-c2nn(C3CCCCO3)cc2Oc2ccc(C#N)cc2)c1. The molecule has 0 saturated carbocycles. The zero-order chi connectivity index (χ0) is 21.5. The third-order valence-electron chi connectivity index (χ3n) is 5.23. The lowest BCUT2D eigenvalue weighted by atomic mass is 10.1. The molecule has 1 fully saturated rings. The molecular formula is C25H27N3O3. The topological polar surface area (TPSA) is 69.3 Å². The lowest BCUT2D eigenvalue weighted by Gasteiger charge is -2.22. The maximum absolute atomic E-state index is 9.03. The number of hydrogen-bond donors (Lipinski definition) is 0. The van der Waals surface area contributed by atoms with Gasteiger partial charge >= 0.3 is 0 Å². The van der Waals surface area contributed by atoms with Gasteiger partial charge in [-0.3, -0.25) is 0 Å². The highest BCUT2D eigenvalue weighted by atomic mass is 16.5. The molecule has 1 aliphatic rings. The first kappa shape index (κ1) is 21.0. The summed E-state index contributed by atoms with van der Waals surface area (Å²) in [5, 5.41) is 13.9. The Kier molecular flexibility index (Phi) is 6.85. The van der Waals surface area contributed by atoms with Gasteiger partial charge in [-0.05, 0) is 62.1 Å². The van der Waals surface area contributed by atoms with Crippen LogP contribution in [0.1, 0.15) is 50.8 Å². The van der Waals surface area contributed by atoms with E-state index >= 15 is 0 Å². The average molecular weight is 418 g/mol. The molecule has 1 atom stereocenters. The summed E-state index contributed by atoms with van der Waals surface area (Å²) >= 11 is 0. The quantitative estimate of drug-likeness (QED) is 0.415. The van der Waals surface area contributed by atoms with Crippen molar-refractivity contribution in [2.24, 2.45) is 0 Å². The predicted molar refractivity (Wildman–Crippen MR) is 118 cm³/mol. The monoisotopic (exact) mass is 417 g/mol.